The smallest absolute Gasteiger partial charge is 0.240 e. The van der Waals surface area contributed by atoms with Crippen molar-refractivity contribution in [2.24, 2.45) is 5.92 Å². The first-order valence-corrected chi connectivity index (χ1v) is 11.5. The summed E-state index contributed by atoms with van der Waals surface area (Å²) in [5.74, 6) is 0.280. The molecule has 1 aliphatic carbocycles. The van der Waals surface area contributed by atoms with E-state index in [1.807, 2.05) is 6.92 Å². The second-order valence-corrected chi connectivity index (χ2v) is 9.52. The van der Waals surface area contributed by atoms with Crippen LogP contribution in [0.5, 0.6) is 0 Å². The molecule has 0 unspecified atom stereocenters. The molecule has 156 valence electrons. The van der Waals surface area contributed by atoms with E-state index in [0.29, 0.717) is 25.8 Å². The lowest BCUT2D eigenvalue weighted by Gasteiger charge is -2.36. The van der Waals surface area contributed by atoms with E-state index in [4.69, 9.17) is 4.74 Å². The summed E-state index contributed by atoms with van der Waals surface area (Å²) in [6.07, 6.45) is 4.30. The third kappa shape index (κ3) is 5.31. The van der Waals surface area contributed by atoms with Gasteiger partial charge >= 0.3 is 0 Å². The highest BCUT2D eigenvalue weighted by molar-refractivity contribution is 7.89. The van der Waals surface area contributed by atoms with Crippen LogP contribution in [0.2, 0.25) is 0 Å². The summed E-state index contributed by atoms with van der Waals surface area (Å²) < 4.78 is 33.8. The fourth-order valence-corrected chi connectivity index (χ4v) is 4.93. The lowest BCUT2D eigenvalue weighted by molar-refractivity contribution is -0.127. The fraction of sp³-hybridized carbons (Fsp3) is 0.650. The summed E-state index contributed by atoms with van der Waals surface area (Å²) in [5, 5.41) is 12.6. The Labute approximate surface area is 166 Å². The van der Waals surface area contributed by atoms with E-state index in [2.05, 4.69) is 10.0 Å². The molecule has 0 spiro atoms. The van der Waals surface area contributed by atoms with Crippen LogP contribution in [0.25, 0.3) is 0 Å². The predicted molar refractivity (Wildman–Crippen MR) is 105 cm³/mol. The summed E-state index contributed by atoms with van der Waals surface area (Å²) in [6.45, 7) is 2.18. The number of hydrogen-bond acceptors (Lipinski definition) is 5. The van der Waals surface area contributed by atoms with Gasteiger partial charge < -0.3 is 15.2 Å². The van der Waals surface area contributed by atoms with Crippen LogP contribution in [0, 0.1) is 12.8 Å². The molecule has 8 heteroatoms. The molecule has 2 aliphatic rings. The first kappa shape index (κ1) is 21.2. The van der Waals surface area contributed by atoms with Crippen LogP contribution in [0.1, 0.15) is 44.1 Å². The van der Waals surface area contributed by atoms with Crippen LogP contribution >= 0.6 is 0 Å². The highest BCUT2D eigenvalue weighted by Crippen LogP contribution is 2.26. The van der Waals surface area contributed by atoms with Gasteiger partial charge in [0.15, 0.2) is 0 Å². The number of ether oxygens (including phenoxy) is 1. The first-order chi connectivity index (χ1) is 13.4. The standard InChI is InChI=1S/C20H30N2O5S/c1-14-5-8-17(9-6-14)28(25,26)22-18-10-7-16(27-19(18)13-23)11-12-21-20(24)15-3-2-4-15/h5-6,8-9,15-16,18-19,22-23H,2-4,7,10-13H2,1H3,(H,21,24)/t16-,18+,19-/m1/s1. The highest BCUT2D eigenvalue weighted by Gasteiger charge is 2.34. The average Bonchev–Trinajstić information content (AvgIpc) is 2.61. The van der Waals surface area contributed by atoms with Gasteiger partial charge in [0, 0.05) is 12.5 Å². The summed E-state index contributed by atoms with van der Waals surface area (Å²) in [5.41, 5.74) is 0.987. The van der Waals surface area contributed by atoms with E-state index in [1.54, 1.807) is 24.3 Å². The molecule has 3 rings (SSSR count). The number of nitrogens with one attached hydrogen (secondary N) is 2. The molecule has 1 aliphatic heterocycles. The average molecular weight is 411 g/mol. The Hall–Kier alpha value is -1.48. The molecule has 3 atom stereocenters. The quantitative estimate of drug-likeness (QED) is 0.602. The van der Waals surface area contributed by atoms with Crippen molar-refractivity contribution in [2.45, 2.75) is 68.6 Å². The third-order valence-corrected chi connectivity index (χ3v) is 7.18. The summed E-state index contributed by atoms with van der Waals surface area (Å²) in [6, 6.07) is 6.18. The molecular formula is C20H30N2O5S. The van der Waals surface area contributed by atoms with Gasteiger partial charge in [-0.15, -0.1) is 0 Å². The minimum Gasteiger partial charge on any atom is -0.394 e. The van der Waals surface area contributed by atoms with Gasteiger partial charge in [-0.1, -0.05) is 24.1 Å². The Kier molecular flexibility index (Phi) is 7.09. The SMILES string of the molecule is Cc1ccc(S(=O)(=O)N[C@H]2CC[C@H](CCNC(=O)C3CCC3)O[C@@H]2CO)cc1. The van der Waals surface area contributed by atoms with Crippen molar-refractivity contribution < 1.29 is 23.1 Å². The van der Waals surface area contributed by atoms with Crippen LogP contribution in [0.15, 0.2) is 29.2 Å². The van der Waals surface area contributed by atoms with Gasteiger partial charge in [-0.3, -0.25) is 4.79 Å². The van der Waals surface area contributed by atoms with Crippen molar-refractivity contribution in [2.75, 3.05) is 13.2 Å². The van der Waals surface area contributed by atoms with E-state index in [9.17, 15) is 18.3 Å². The zero-order valence-corrected chi connectivity index (χ0v) is 17.1. The number of aliphatic hydroxyl groups excluding tert-OH is 1. The van der Waals surface area contributed by atoms with E-state index in [1.165, 1.54) is 0 Å². The second-order valence-electron chi connectivity index (χ2n) is 7.80. The number of aliphatic hydroxyl groups is 1. The zero-order chi connectivity index (χ0) is 20.1. The largest absolute Gasteiger partial charge is 0.394 e. The normalized spacial score (nSPS) is 25.9. The van der Waals surface area contributed by atoms with Gasteiger partial charge in [0.2, 0.25) is 15.9 Å². The van der Waals surface area contributed by atoms with Crippen LogP contribution in [-0.2, 0) is 19.6 Å². The first-order valence-electron chi connectivity index (χ1n) is 10.0. The molecule has 1 aromatic rings. The molecular weight excluding hydrogens is 380 g/mol. The van der Waals surface area contributed by atoms with Gasteiger partial charge in [0.25, 0.3) is 0 Å². The fourth-order valence-electron chi connectivity index (χ4n) is 3.63. The Balaban J connectivity index is 1.49. The molecule has 0 radical (unpaired) electrons. The van der Waals surface area contributed by atoms with Gasteiger partial charge in [0.05, 0.1) is 29.8 Å². The van der Waals surface area contributed by atoms with E-state index < -0.39 is 22.2 Å². The van der Waals surface area contributed by atoms with E-state index in [-0.39, 0.29) is 29.4 Å². The number of aryl methyl sites for hydroxylation is 1. The van der Waals surface area contributed by atoms with E-state index >= 15 is 0 Å². The number of amides is 1. The van der Waals surface area contributed by atoms with E-state index in [0.717, 1.165) is 24.8 Å². The number of carbonyl (C=O) groups excluding carboxylic acids is 1. The van der Waals surface area contributed by atoms with Crippen LogP contribution in [0.4, 0.5) is 0 Å². The van der Waals surface area contributed by atoms with Crippen molar-refractivity contribution in [1.29, 1.82) is 0 Å². The number of benzene rings is 1. The van der Waals surface area contributed by atoms with Crippen molar-refractivity contribution in [3.8, 4) is 0 Å². The topological polar surface area (TPSA) is 105 Å². The molecule has 0 aromatic heterocycles. The minimum atomic E-state index is -3.67. The molecule has 1 amide bonds. The zero-order valence-electron chi connectivity index (χ0n) is 16.3. The van der Waals surface area contributed by atoms with Gasteiger partial charge in [-0.05, 0) is 51.2 Å². The second kappa shape index (κ2) is 9.35. The molecule has 1 saturated heterocycles. The lowest BCUT2D eigenvalue weighted by atomic mass is 9.85. The van der Waals surface area contributed by atoms with Gasteiger partial charge in [0.1, 0.15) is 0 Å². The molecule has 1 saturated carbocycles. The van der Waals surface area contributed by atoms with Crippen molar-refractivity contribution in [3.05, 3.63) is 29.8 Å². The Bertz CT molecular complexity index is 761. The molecule has 28 heavy (non-hydrogen) atoms. The van der Waals surface area contributed by atoms with Crippen LogP contribution < -0.4 is 10.0 Å². The van der Waals surface area contributed by atoms with Crippen molar-refractivity contribution >= 4 is 15.9 Å². The van der Waals surface area contributed by atoms with Gasteiger partial charge in [-0.2, -0.15) is 0 Å². The van der Waals surface area contributed by atoms with Crippen molar-refractivity contribution in [1.82, 2.24) is 10.0 Å². The van der Waals surface area contributed by atoms with Crippen molar-refractivity contribution in [3.63, 3.8) is 0 Å². The maximum Gasteiger partial charge on any atom is 0.240 e. The maximum atomic E-state index is 12.6. The minimum absolute atomic E-state index is 0.0982. The molecule has 1 aromatic carbocycles. The molecule has 0 bridgehead atoms. The number of hydrogen-bond donors (Lipinski definition) is 3. The molecule has 1 heterocycles. The maximum absolute atomic E-state index is 12.6. The molecule has 3 N–H and O–H groups in total. The predicted octanol–water partition coefficient (Wildman–Crippen LogP) is 1.49. The Morgan fingerprint density at radius 3 is 2.50 bits per heavy atom. The van der Waals surface area contributed by atoms with Crippen LogP contribution in [-0.4, -0.2) is 50.8 Å². The highest BCUT2D eigenvalue weighted by atomic mass is 32.2. The monoisotopic (exact) mass is 410 g/mol. The summed E-state index contributed by atoms with van der Waals surface area (Å²) in [4.78, 5) is 12.1. The van der Waals surface area contributed by atoms with Crippen LogP contribution in [0.3, 0.4) is 0 Å². The molecule has 7 nitrogen and oxygen atoms in total. The number of carbonyl (C=O) groups is 1. The molecule has 2 fully saturated rings. The number of rotatable bonds is 8. The summed E-state index contributed by atoms with van der Waals surface area (Å²) in [7, 11) is -3.67. The third-order valence-electron chi connectivity index (χ3n) is 5.67. The summed E-state index contributed by atoms with van der Waals surface area (Å²) >= 11 is 0. The Morgan fingerprint density at radius 2 is 1.89 bits per heavy atom. The lowest BCUT2D eigenvalue weighted by Crippen LogP contribution is -2.51. The Morgan fingerprint density at radius 1 is 1.18 bits per heavy atom. The van der Waals surface area contributed by atoms with Gasteiger partial charge in [-0.25, -0.2) is 13.1 Å². The number of sulfonamides is 1.